The molecule has 13 aromatic rings. The number of hydrogen-bond donors (Lipinski definition) is 4. The molecule has 27 nitrogen and oxygen atoms in total. The molecule has 7 heterocycles. The number of amidine groups is 1. The van der Waals surface area contributed by atoms with Crippen molar-refractivity contribution in [3.8, 4) is 34.5 Å². The van der Waals surface area contributed by atoms with Crippen LogP contribution in [0, 0.1) is 41.7 Å². The van der Waals surface area contributed by atoms with Gasteiger partial charge in [0.15, 0.2) is 5.84 Å². The highest BCUT2D eigenvalue weighted by Crippen LogP contribution is 2.35. The van der Waals surface area contributed by atoms with Crippen molar-refractivity contribution in [1.29, 1.82) is 5.26 Å². The summed E-state index contributed by atoms with van der Waals surface area (Å²) in [6.07, 6.45) is -4.87. The van der Waals surface area contributed by atoms with Gasteiger partial charge in [-0.05, 0) is 72.8 Å². The molecular formula is C60H46F3N15O12. The average molecular weight is 1230 g/mol. The zero-order valence-corrected chi connectivity index (χ0v) is 46.2. The third-order valence-electron chi connectivity index (χ3n) is 14.6. The fourth-order valence-electron chi connectivity index (χ4n) is 10.5. The number of nitrogens with zero attached hydrogens (tertiary/aromatic N) is 13. The Kier molecular flexibility index (Phi) is 16.8. The van der Waals surface area contributed by atoms with E-state index < -0.39 is 49.3 Å². The molecule has 0 aliphatic carbocycles. The number of nitriles is 1. The molecule has 7 aromatic heterocycles. The summed E-state index contributed by atoms with van der Waals surface area (Å²) in [5.74, 6) is 1.10. The summed E-state index contributed by atoms with van der Waals surface area (Å²) >= 11 is 0. The van der Waals surface area contributed by atoms with Crippen molar-refractivity contribution in [2.75, 3.05) is 0 Å². The molecule has 0 saturated carbocycles. The number of nitrogens with two attached hydrogens (primary N) is 2. The normalized spacial score (nSPS) is 11.3. The van der Waals surface area contributed by atoms with E-state index >= 15 is 0 Å². The first kappa shape index (κ1) is 61.9. The van der Waals surface area contributed by atoms with Gasteiger partial charge in [-0.25, -0.2) is 5.90 Å². The molecule has 0 bridgehead atoms. The maximum atomic E-state index is 13.5. The first-order valence-electron chi connectivity index (χ1n) is 25.8. The van der Waals surface area contributed by atoms with E-state index in [1.807, 2.05) is 90.0 Å². The highest BCUT2D eigenvalue weighted by atomic mass is 19.4. The number of aryl methyl sites for hydroxylation is 3. The van der Waals surface area contributed by atoms with Gasteiger partial charge in [0.05, 0.1) is 75.5 Å². The Labute approximate surface area is 501 Å². The van der Waals surface area contributed by atoms with Crippen LogP contribution in [0.1, 0.15) is 24.4 Å². The van der Waals surface area contributed by atoms with Gasteiger partial charge in [0.2, 0.25) is 5.82 Å². The number of fused-ring (bicyclic) bond motifs is 9. The van der Waals surface area contributed by atoms with E-state index in [1.165, 1.54) is 92.6 Å². The third kappa shape index (κ3) is 10.7. The average Bonchev–Trinajstić information content (AvgIpc) is 1.57. The number of para-hydroxylation sites is 3. The van der Waals surface area contributed by atoms with Crippen LogP contribution in [0.5, 0.6) is 0 Å². The molecule has 90 heavy (non-hydrogen) atoms. The number of benzene rings is 6. The number of oxime groups is 1. The van der Waals surface area contributed by atoms with Gasteiger partial charge in [-0.3, -0.25) is 58.4 Å². The van der Waals surface area contributed by atoms with Gasteiger partial charge in [0, 0.05) is 90.8 Å². The number of halogens is 3. The summed E-state index contributed by atoms with van der Waals surface area (Å²) in [7, 11) is 5.47. The summed E-state index contributed by atoms with van der Waals surface area (Å²) in [5, 5.41) is 66.6. The summed E-state index contributed by atoms with van der Waals surface area (Å²) in [6, 6.07) is 45.6. The van der Waals surface area contributed by atoms with Gasteiger partial charge in [-0.2, -0.15) is 23.4 Å². The molecule has 0 atom stereocenters. The first-order valence-corrected chi connectivity index (χ1v) is 25.8. The number of hydrogen-bond acceptors (Lipinski definition) is 17. The zero-order chi connectivity index (χ0) is 63.9. The van der Waals surface area contributed by atoms with Crippen molar-refractivity contribution in [3.63, 3.8) is 0 Å². The number of alkyl halides is 3. The highest BCUT2D eigenvalue weighted by Gasteiger charge is 2.39. The largest absolute Gasteiger partial charge is 0.471 e. The monoisotopic (exact) mass is 1230 g/mol. The lowest BCUT2D eigenvalue weighted by molar-refractivity contribution is -0.385. The summed E-state index contributed by atoms with van der Waals surface area (Å²) in [4.78, 5) is 74.3. The second-order valence-electron chi connectivity index (χ2n) is 19.4. The number of aromatic nitrogens is 8. The minimum Gasteiger partial charge on any atom is -0.409 e. The van der Waals surface area contributed by atoms with E-state index in [1.54, 1.807) is 35.9 Å². The van der Waals surface area contributed by atoms with Crippen LogP contribution < -0.4 is 28.3 Å². The smallest absolute Gasteiger partial charge is 0.409 e. The van der Waals surface area contributed by atoms with E-state index in [-0.39, 0.29) is 52.7 Å². The number of nitro groups is 3. The third-order valence-corrected chi connectivity index (χ3v) is 14.6. The predicted octanol–water partition coefficient (Wildman–Crippen LogP) is 10.2. The second kappa shape index (κ2) is 24.4. The minimum absolute atomic E-state index is 0. The molecule has 0 spiro atoms. The van der Waals surface area contributed by atoms with Crippen molar-refractivity contribution in [2.45, 2.75) is 13.6 Å². The molecular weight excluding hydrogens is 1180 g/mol. The van der Waals surface area contributed by atoms with Crippen LogP contribution in [-0.4, -0.2) is 68.6 Å². The van der Waals surface area contributed by atoms with Crippen LogP contribution in [0.4, 0.5) is 30.2 Å². The molecule has 30 heteroatoms. The topological polar surface area (TPSA) is 378 Å². The van der Waals surface area contributed by atoms with Gasteiger partial charge in [-0.15, -0.1) is 0 Å². The van der Waals surface area contributed by atoms with Gasteiger partial charge in [0.25, 0.3) is 33.7 Å². The molecule has 0 aliphatic heterocycles. The quantitative estimate of drug-likeness (QED) is 0.0361. The predicted molar refractivity (Wildman–Crippen MR) is 326 cm³/mol. The standard InChI is InChI=1S/C21H12F3N5O4.C19H15N5O4.C19H12N4O3.CH4.H3NO/c1-27-15-5-3-2-4-13(15)17-16(27)10-14(18-25-20(33-26-18)21(22,23)24)19(30)28(17)11-6-8-12(9-7-11)29(31)32;1-22-15-5-3-2-4-13(15)17-16(22)10-14(18(20)21-26)19(25)23(17)11-6-8-12(9-7-11)24(27)28;1-21-16-5-3-2-4-15(16)18-17(21)10-12(11-20)19(24)22(18)13-6-8-14(9-7-13)23(25)26;;1-2/h2-10H,1H3;2-10,26H,1H3,(H2,20,21);2-10H,1H3;1H4;2H,1H2. The van der Waals surface area contributed by atoms with Gasteiger partial charge in [-0.1, -0.05) is 72.3 Å². The second-order valence-corrected chi connectivity index (χ2v) is 19.4. The van der Waals surface area contributed by atoms with Crippen molar-refractivity contribution in [3.05, 3.63) is 242 Å². The maximum Gasteiger partial charge on any atom is 0.471 e. The maximum absolute atomic E-state index is 13.5. The Bertz CT molecular complexity index is 5290. The number of non-ortho nitro benzene ring substituents is 3. The molecule has 6 aromatic carbocycles. The Morgan fingerprint density at radius 3 is 1.28 bits per heavy atom. The van der Waals surface area contributed by atoms with Crippen molar-refractivity contribution >= 4 is 88.7 Å². The van der Waals surface area contributed by atoms with Gasteiger partial charge in [0.1, 0.15) is 11.6 Å². The summed E-state index contributed by atoms with van der Waals surface area (Å²) in [5.41, 5.74) is 11.1. The zero-order valence-electron chi connectivity index (χ0n) is 46.2. The minimum atomic E-state index is -4.87. The van der Waals surface area contributed by atoms with E-state index in [0.717, 1.165) is 32.8 Å². The van der Waals surface area contributed by atoms with E-state index in [0.29, 0.717) is 44.3 Å². The molecule has 0 unspecified atom stereocenters. The molecule has 454 valence electrons. The van der Waals surface area contributed by atoms with Gasteiger partial charge < -0.3 is 34.4 Å². The fraction of sp³-hybridized carbons (Fsp3) is 0.0833. The number of rotatable bonds is 8. The van der Waals surface area contributed by atoms with Crippen LogP contribution in [0.2, 0.25) is 0 Å². The molecule has 0 radical (unpaired) electrons. The summed E-state index contributed by atoms with van der Waals surface area (Å²) < 4.78 is 53.0. The van der Waals surface area contributed by atoms with Crippen LogP contribution in [-0.2, 0) is 27.3 Å². The Morgan fingerprint density at radius 1 is 0.567 bits per heavy atom. The lowest BCUT2D eigenvalue weighted by atomic mass is 10.1. The fourth-order valence-corrected chi connectivity index (χ4v) is 10.5. The molecule has 0 amide bonds. The van der Waals surface area contributed by atoms with Crippen LogP contribution >= 0.6 is 0 Å². The van der Waals surface area contributed by atoms with E-state index in [9.17, 15) is 63.2 Å². The molecule has 0 fully saturated rings. The number of pyridine rings is 3. The molecule has 6 N–H and O–H groups in total. The molecule has 13 rings (SSSR count). The Hall–Kier alpha value is -12.6. The van der Waals surface area contributed by atoms with Crippen molar-refractivity contribution in [1.82, 2.24) is 37.5 Å². The van der Waals surface area contributed by atoms with Crippen LogP contribution in [0.15, 0.2) is 188 Å². The van der Waals surface area contributed by atoms with Gasteiger partial charge >= 0.3 is 12.1 Å². The Balaban J connectivity index is 0.000000158. The van der Waals surface area contributed by atoms with E-state index in [4.69, 9.17) is 16.1 Å². The highest BCUT2D eigenvalue weighted by molar-refractivity contribution is 6.10. The lowest BCUT2D eigenvalue weighted by Gasteiger charge is -2.11. The van der Waals surface area contributed by atoms with Crippen LogP contribution in [0.3, 0.4) is 0 Å². The number of nitro benzene ring substituents is 3. The molecule has 0 aliphatic rings. The van der Waals surface area contributed by atoms with Crippen molar-refractivity contribution < 1.29 is 42.9 Å². The van der Waals surface area contributed by atoms with Crippen molar-refractivity contribution in [2.24, 2.45) is 37.9 Å². The SMILES string of the molecule is C.Cn1c2ccccc2c2c1cc(-c1noc(C(F)(F)F)n1)c(=O)n2-c1ccc([N+](=O)[O-])cc1.Cn1c2ccccc2c2c1cc(C#N)c(=O)n2-c1ccc([N+](=O)[O-])cc1.Cn1c2ccccc2c2c1cc(C(N)=NO)c(=O)n2-c1ccc([N+](=O)[O-])cc1.NO. The lowest BCUT2D eigenvalue weighted by Crippen LogP contribution is -2.29. The van der Waals surface area contributed by atoms with Crippen LogP contribution in [0.25, 0.3) is 94.3 Å². The summed E-state index contributed by atoms with van der Waals surface area (Å²) in [6.45, 7) is 0. The van der Waals surface area contributed by atoms with E-state index in [2.05, 4.69) is 25.7 Å². The molecule has 0 saturated heterocycles. The Morgan fingerprint density at radius 2 is 0.922 bits per heavy atom. The first-order chi connectivity index (χ1) is 42.6.